The summed E-state index contributed by atoms with van der Waals surface area (Å²) >= 11 is 0. The SMILES string of the molecule is CN[C@@H]1[C@@H](O)[C@@H](O[C@H]2[C@H](NC(=O)C3(O)CC3N)C[C@H](N)C([C@H]3OC(CN)=CC[C@H]3N=C(N)N)[C@@H]2O)OC[C@]1(C)O. The molecule has 2 saturated carbocycles. The maximum Gasteiger partial charge on any atom is 0.253 e. The van der Waals surface area contributed by atoms with E-state index in [1.807, 2.05) is 0 Å². The number of carbonyl (C=O) groups excluding carboxylic acids is 1. The van der Waals surface area contributed by atoms with Gasteiger partial charge in [0.1, 0.15) is 29.7 Å². The second-order valence-corrected chi connectivity index (χ2v) is 11.5. The fourth-order valence-electron chi connectivity index (χ4n) is 6.07. The number of carbonyl (C=O) groups is 1. The Hall–Kier alpha value is -2.12. The third kappa shape index (κ3) is 5.92. The van der Waals surface area contributed by atoms with Crippen LogP contribution in [0.1, 0.15) is 26.2 Å². The van der Waals surface area contributed by atoms with Crippen molar-refractivity contribution >= 4 is 11.9 Å². The predicted octanol–water partition coefficient (Wildman–Crippen LogP) is -5.64. The predicted molar refractivity (Wildman–Crippen MR) is 142 cm³/mol. The van der Waals surface area contributed by atoms with Crippen molar-refractivity contribution in [2.24, 2.45) is 39.6 Å². The molecule has 16 nitrogen and oxygen atoms in total. The van der Waals surface area contributed by atoms with Crippen LogP contribution < -0.4 is 39.3 Å². The normalized spacial score (nSPS) is 47.0. The average molecular weight is 573 g/mol. The first-order chi connectivity index (χ1) is 18.7. The standard InChI is InChI=1S/C24H44N8O8/c1-23(36)8-38-20(16(34)19(23)30-2)40-18-12(31-21(35)24(37)6-13(24)27)5-10(26)14(15(18)33)17-11(32-22(28)29)4-3-9(7-25)39-17/h3,10-20,30,33-34,36-37H,4-8,25-27H2,1-2H3,(H,31,35)(H4,28,29,32)/t10-,11+,12+,13?,14?,15-,16+,17-,18-,19+,20+,23-,24?/m0/s1. The first-order valence-corrected chi connectivity index (χ1v) is 13.4. The molecule has 0 aromatic rings. The van der Waals surface area contributed by atoms with Crippen molar-refractivity contribution in [3.63, 3.8) is 0 Å². The number of aliphatic hydroxyl groups is 4. The molecule has 3 unspecified atom stereocenters. The molecule has 1 amide bonds. The summed E-state index contributed by atoms with van der Waals surface area (Å²) in [6.07, 6.45) is -3.70. The molecule has 0 aromatic carbocycles. The molecule has 0 radical (unpaired) electrons. The molecule has 3 fully saturated rings. The Kier molecular flexibility index (Phi) is 8.97. The van der Waals surface area contributed by atoms with Crippen LogP contribution in [0.3, 0.4) is 0 Å². The number of nitrogens with zero attached hydrogens (tertiary/aromatic N) is 1. The maximum absolute atomic E-state index is 12.9. The summed E-state index contributed by atoms with van der Waals surface area (Å²) in [5, 5.41) is 49.5. The number of nitrogens with two attached hydrogens (primary N) is 5. The minimum Gasteiger partial charge on any atom is -0.491 e. The van der Waals surface area contributed by atoms with E-state index in [0.29, 0.717) is 12.2 Å². The molecular formula is C24H44N8O8. The summed E-state index contributed by atoms with van der Waals surface area (Å²) in [6, 6.07) is -3.80. The number of guanidine groups is 1. The van der Waals surface area contributed by atoms with Crippen molar-refractivity contribution < 1.29 is 39.4 Å². The van der Waals surface area contributed by atoms with Gasteiger partial charge in [-0.3, -0.25) is 4.79 Å². The van der Waals surface area contributed by atoms with E-state index in [-0.39, 0.29) is 32.0 Å². The molecule has 2 aliphatic heterocycles. The number of amides is 1. The second kappa shape index (κ2) is 11.6. The Balaban J connectivity index is 1.64. The minimum absolute atomic E-state index is 0.0853. The number of likely N-dealkylation sites (N-methyl/N-ethyl adjacent to an activating group) is 1. The zero-order chi connectivity index (χ0) is 29.6. The summed E-state index contributed by atoms with van der Waals surface area (Å²) in [5.41, 5.74) is 26.3. The molecule has 40 heavy (non-hydrogen) atoms. The first kappa shape index (κ1) is 30.8. The van der Waals surface area contributed by atoms with E-state index in [0.717, 1.165) is 0 Å². The number of rotatable bonds is 8. The lowest BCUT2D eigenvalue weighted by Gasteiger charge is -2.50. The molecule has 4 rings (SSSR count). The van der Waals surface area contributed by atoms with Crippen molar-refractivity contribution in [2.45, 2.75) is 98.3 Å². The summed E-state index contributed by atoms with van der Waals surface area (Å²) < 4.78 is 17.9. The zero-order valence-corrected chi connectivity index (χ0v) is 22.7. The Morgan fingerprint density at radius 2 is 1.93 bits per heavy atom. The summed E-state index contributed by atoms with van der Waals surface area (Å²) in [6.45, 7) is 1.43. The minimum atomic E-state index is -1.74. The van der Waals surface area contributed by atoms with Gasteiger partial charge in [-0.25, -0.2) is 4.99 Å². The van der Waals surface area contributed by atoms with Crippen molar-refractivity contribution in [2.75, 3.05) is 20.2 Å². The van der Waals surface area contributed by atoms with E-state index in [1.54, 1.807) is 13.1 Å². The van der Waals surface area contributed by atoms with Gasteiger partial charge in [-0.15, -0.1) is 0 Å². The van der Waals surface area contributed by atoms with Crippen LogP contribution in [0.25, 0.3) is 0 Å². The number of hydrogen-bond donors (Lipinski definition) is 11. The smallest absolute Gasteiger partial charge is 0.253 e. The monoisotopic (exact) mass is 572 g/mol. The van der Waals surface area contributed by atoms with E-state index in [9.17, 15) is 25.2 Å². The lowest BCUT2D eigenvalue weighted by molar-refractivity contribution is -0.297. The van der Waals surface area contributed by atoms with Gasteiger partial charge < -0.3 is 73.9 Å². The lowest BCUT2D eigenvalue weighted by atomic mass is 9.72. The van der Waals surface area contributed by atoms with Crippen LogP contribution in [-0.2, 0) is 19.0 Å². The van der Waals surface area contributed by atoms with Crippen molar-refractivity contribution in [1.82, 2.24) is 10.6 Å². The van der Waals surface area contributed by atoms with Gasteiger partial charge in [-0.1, -0.05) is 0 Å². The van der Waals surface area contributed by atoms with E-state index < -0.39 is 83.9 Å². The summed E-state index contributed by atoms with van der Waals surface area (Å²) in [5.74, 6) is -1.22. The molecule has 0 aromatic heterocycles. The first-order valence-electron chi connectivity index (χ1n) is 13.4. The Morgan fingerprint density at radius 3 is 2.50 bits per heavy atom. The molecule has 228 valence electrons. The quantitative estimate of drug-likeness (QED) is 0.0954. The highest BCUT2D eigenvalue weighted by atomic mass is 16.7. The molecule has 13 atom stereocenters. The largest absolute Gasteiger partial charge is 0.491 e. The summed E-state index contributed by atoms with van der Waals surface area (Å²) in [4.78, 5) is 17.2. The van der Waals surface area contributed by atoms with Crippen LogP contribution in [0.15, 0.2) is 16.8 Å². The van der Waals surface area contributed by atoms with Crippen molar-refractivity contribution in [1.29, 1.82) is 0 Å². The van der Waals surface area contributed by atoms with E-state index >= 15 is 0 Å². The maximum atomic E-state index is 12.9. The van der Waals surface area contributed by atoms with Crippen LogP contribution in [-0.4, -0.2) is 125 Å². The van der Waals surface area contributed by atoms with Crippen molar-refractivity contribution in [3.05, 3.63) is 11.8 Å². The highest BCUT2D eigenvalue weighted by Gasteiger charge is 2.59. The molecular weight excluding hydrogens is 528 g/mol. The van der Waals surface area contributed by atoms with Gasteiger partial charge in [0.2, 0.25) is 0 Å². The van der Waals surface area contributed by atoms with Gasteiger partial charge in [-0.2, -0.15) is 0 Å². The van der Waals surface area contributed by atoms with Crippen LogP contribution in [0.5, 0.6) is 0 Å². The number of hydrogen-bond acceptors (Lipinski definition) is 13. The van der Waals surface area contributed by atoms with Gasteiger partial charge in [0.25, 0.3) is 5.91 Å². The molecule has 16 heteroatoms. The molecule has 0 spiro atoms. The van der Waals surface area contributed by atoms with E-state index in [1.165, 1.54) is 6.92 Å². The second-order valence-electron chi connectivity index (χ2n) is 11.5. The molecule has 4 aliphatic rings. The Bertz CT molecular complexity index is 996. The topological polar surface area (TPSA) is 292 Å². The Morgan fingerprint density at radius 1 is 1.25 bits per heavy atom. The summed E-state index contributed by atoms with van der Waals surface area (Å²) in [7, 11) is 1.57. The van der Waals surface area contributed by atoms with Crippen molar-refractivity contribution in [3.8, 4) is 0 Å². The van der Waals surface area contributed by atoms with Crippen LogP contribution in [0.2, 0.25) is 0 Å². The molecule has 1 saturated heterocycles. The van der Waals surface area contributed by atoms with Gasteiger partial charge in [-0.05, 0) is 32.9 Å². The van der Waals surface area contributed by atoms with E-state index in [2.05, 4.69) is 15.6 Å². The van der Waals surface area contributed by atoms with E-state index in [4.69, 9.17) is 42.9 Å². The fraction of sp³-hybridized carbons (Fsp3) is 0.833. The van der Waals surface area contributed by atoms with Gasteiger partial charge >= 0.3 is 0 Å². The Labute approximate surface area is 232 Å². The van der Waals surface area contributed by atoms with Gasteiger partial charge in [0, 0.05) is 24.4 Å². The van der Waals surface area contributed by atoms with Gasteiger partial charge in [0.15, 0.2) is 17.9 Å². The highest BCUT2D eigenvalue weighted by Crippen LogP contribution is 2.39. The van der Waals surface area contributed by atoms with Crippen LogP contribution >= 0.6 is 0 Å². The molecule has 0 bridgehead atoms. The zero-order valence-electron chi connectivity index (χ0n) is 22.7. The lowest BCUT2D eigenvalue weighted by Crippen LogP contribution is -2.69. The molecule has 2 heterocycles. The van der Waals surface area contributed by atoms with Crippen LogP contribution in [0.4, 0.5) is 0 Å². The third-order valence-electron chi connectivity index (χ3n) is 8.42. The van der Waals surface area contributed by atoms with Crippen LogP contribution in [0, 0.1) is 5.92 Å². The number of nitrogens with one attached hydrogen (secondary N) is 2. The number of aliphatic imine (C=N–C) groups is 1. The molecule has 16 N–H and O–H groups in total. The number of ether oxygens (including phenoxy) is 3. The fourth-order valence-corrected chi connectivity index (χ4v) is 6.07. The average Bonchev–Trinajstić information content (AvgIpc) is 3.50. The number of aliphatic hydroxyl groups excluding tert-OH is 2. The molecule has 2 aliphatic carbocycles. The highest BCUT2D eigenvalue weighted by molar-refractivity contribution is 5.89. The van der Waals surface area contributed by atoms with Gasteiger partial charge in [0.05, 0.1) is 37.4 Å². The third-order valence-corrected chi connectivity index (χ3v) is 8.42.